The van der Waals surface area contributed by atoms with E-state index in [0.29, 0.717) is 19.6 Å². The number of urea groups is 1. The molecule has 0 atom stereocenters. The molecule has 5 nitrogen and oxygen atoms in total. The van der Waals surface area contributed by atoms with Crippen LogP contribution < -0.4 is 11.2 Å². The van der Waals surface area contributed by atoms with Crippen LogP contribution in [0.5, 0.6) is 0 Å². The van der Waals surface area contributed by atoms with Gasteiger partial charge in [-0.15, -0.1) is 0 Å². The number of carbonyl (C=O) groups excluding carboxylic acids is 1. The highest BCUT2D eigenvalue weighted by Crippen LogP contribution is 2.00. The van der Waals surface area contributed by atoms with E-state index in [1.807, 2.05) is 37.3 Å². The molecular weight excluding hydrogens is 218 g/mol. The molecule has 17 heavy (non-hydrogen) atoms. The molecule has 1 rings (SSSR count). The second-order valence-corrected chi connectivity index (χ2v) is 3.61. The topological polar surface area (TPSA) is 76.7 Å². The summed E-state index contributed by atoms with van der Waals surface area (Å²) >= 11 is 0. The van der Waals surface area contributed by atoms with Crippen molar-refractivity contribution in [1.29, 1.82) is 0 Å². The molecule has 0 bridgehead atoms. The first kappa shape index (κ1) is 13.2. The quantitative estimate of drug-likeness (QED) is 0.446. The zero-order valence-corrected chi connectivity index (χ0v) is 9.85. The average Bonchev–Trinajstić information content (AvgIpc) is 2.33. The lowest BCUT2D eigenvalue weighted by molar-refractivity contribution is 0.127. The van der Waals surface area contributed by atoms with Gasteiger partial charge in [0.2, 0.25) is 0 Å². The summed E-state index contributed by atoms with van der Waals surface area (Å²) in [4.78, 5) is 10.4. The van der Waals surface area contributed by atoms with Gasteiger partial charge in [-0.25, -0.2) is 10.2 Å². The number of nitrogens with one attached hydrogen (secondary N) is 1. The fourth-order valence-corrected chi connectivity index (χ4v) is 1.19. The summed E-state index contributed by atoms with van der Waals surface area (Å²) in [5, 5.41) is 3.78. The van der Waals surface area contributed by atoms with Gasteiger partial charge in [0.25, 0.3) is 0 Å². The molecule has 0 aliphatic carbocycles. The highest BCUT2D eigenvalue weighted by atomic mass is 16.5. The average molecular weight is 235 g/mol. The second-order valence-electron chi connectivity index (χ2n) is 3.61. The lowest BCUT2D eigenvalue weighted by Gasteiger charge is -2.04. The smallest absolute Gasteiger partial charge is 0.332 e. The van der Waals surface area contributed by atoms with Gasteiger partial charge in [0.05, 0.1) is 13.2 Å². The third kappa shape index (κ3) is 6.32. The number of nitrogens with zero attached hydrogens (tertiary/aromatic N) is 1. The van der Waals surface area contributed by atoms with E-state index in [0.717, 1.165) is 11.3 Å². The maximum atomic E-state index is 10.4. The molecule has 0 aromatic heterocycles. The molecular formula is C12H17N3O2. The van der Waals surface area contributed by atoms with Crippen molar-refractivity contribution in [3.8, 4) is 0 Å². The molecule has 1 aromatic rings. The highest BCUT2D eigenvalue weighted by Gasteiger charge is 1.95. The van der Waals surface area contributed by atoms with Crippen molar-refractivity contribution in [2.45, 2.75) is 20.0 Å². The van der Waals surface area contributed by atoms with E-state index in [-0.39, 0.29) is 0 Å². The lowest BCUT2D eigenvalue weighted by Crippen LogP contribution is -2.25. The van der Waals surface area contributed by atoms with Crippen LogP contribution in [0, 0.1) is 0 Å². The first-order valence-corrected chi connectivity index (χ1v) is 5.39. The number of primary amides is 1. The minimum Gasteiger partial charge on any atom is -0.376 e. The molecule has 3 N–H and O–H groups in total. The van der Waals surface area contributed by atoms with Crippen molar-refractivity contribution in [3.63, 3.8) is 0 Å². The number of hydrogen-bond acceptors (Lipinski definition) is 3. The summed E-state index contributed by atoms with van der Waals surface area (Å²) in [6, 6.07) is 9.28. The molecule has 92 valence electrons. The third-order valence-corrected chi connectivity index (χ3v) is 2.08. The van der Waals surface area contributed by atoms with Gasteiger partial charge in [-0.05, 0) is 12.5 Å². The van der Waals surface area contributed by atoms with Crippen molar-refractivity contribution >= 4 is 11.7 Å². The number of ether oxygens (including phenoxy) is 1. The summed E-state index contributed by atoms with van der Waals surface area (Å²) in [7, 11) is 0. The number of benzene rings is 1. The Labute approximate surface area is 101 Å². The van der Waals surface area contributed by atoms with E-state index < -0.39 is 6.03 Å². The minimum atomic E-state index is -0.658. The number of hydrogen-bond donors (Lipinski definition) is 2. The molecule has 0 heterocycles. The van der Waals surface area contributed by atoms with Gasteiger partial charge >= 0.3 is 6.03 Å². The van der Waals surface area contributed by atoms with Crippen LogP contribution in [0.3, 0.4) is 0 Å². The van der Waals surface area contributed by atoms with Gasteiger partial charge in [0.1, 0.15) is 0 Å². The Morgan fingerprint density at radius 1 is 1.41 bits per heavy atom. The lowest BCUT2D eigenvalue weighted by atomic mass is 10.2. The highest BCUT2D eigenvalue weighted by molar-refractivity contribution is 5.83. The fraction of sp³-hybridized carbons (Fsp3) is 0.333. The molecule has 0 saturated carbocycles. The number of rotatable bonds is 6. The first-order valence-electron chi connectivity index (χ1n) is 5.39. The van der Waals surface area contributed by atoms with E-state index >= 15 is 0 Å². The van der Waals surface area contributed by atoms with Gasteiger partial charge in [-0.3, -0.25) is 0 Å². The molecule has 0 radical (unpaired) electrons. The van der Waals surface area contributed by atoms with Gasteiger partial charge in [-0.1, -0.05) is 30.3 Å². The van der Waals surface area contributed by atoms with Gasteiger partial charge in [-0.2, -0.15) is 5.10 Å². The molecule has 0 aliphatic rings. The van der Waals surface area contributed by atoms with Crippen molar-refractivity contribution in [2.75, 3.05) is 6.61 Å². The summed E-state index contributed by atoms with van der Waals surface area (Å²) < 4.78 is 5.47. The van der Waals surface area contributed by atoms with E-state index in [1.165, 1.54) is 0 Å². The summed E-state index contributed by atoms with van der Waals surface area (Å²) in [5.74, 6) is 0. The maximum Gasteiger partial charge on any atom is 0.332 e. The Morgan fingerprint density at radius 3 is 2.76 bits per heavy atom. The van der Waals surface area contributed by atoms with E-state index in [1.54, 1.807) is 0 Å². The SMILES string of the molecule is C/C(CCOCc1ccccc1)=N\NC(N)=O. The number of amides is 2. The van der Waals surface area contributed by atoms with Crippen LogP contribution in [0.15, 0.2) is 35.4 Å². The normalized spacial score (nSPS) is 11.2. The molecule has 1 aromatic carbocycles. The van der Waals surface area contributed by atoms with Gasteiger partial charge in [0, 0.05) is 12.1 Å². The van der Waals surface area contributed by atoms with E-state index in [4.69, 9.17) is 10.5 Å². The monoisotopic (exact) mass is 235 g/mol. The zero-order chi connectivity index (χ0) is 12.5. The Balaban J connectivity index is 2.16. The van der Waals surface area contributed by atoms with Crippen molar-refractivity contribution in [3.05, 3.63) is 35.9 Å². The summed E-state index contributed by atoms with van der Waals surface area (Å²) in [6.07, 6.45) is 0.660. The van der Waals surface area contributed by atoms with Crippen LogP contribution in [-0.2, 0) is 11.3 Å². The molecule has 0 fully saturated rings. The Kier molecular flexibility index (Phi) is 5.74. The van der Waals surface area contributed by atoms with Crippen LogP contribution in [0.25, 0.3) is 0 Å². The van der Waals surface area contributed by atoms with E-state index in [2.05, 4.69) is 10.5 Å². The molecule has 0 saturated heterocycles. The maximum absolute atomic E-state index is 10.4. The standard InChI is InChI=1S/C12H17N3O2/c1-10(14-15-12(13)16)7-8-17-9-11-5-3-2-4-6-11/h2-6H,7-9H2,1H3,(H3,13,15,16)/b14-10+. The second kappa shape index (κ2) is 7.40. The Hall–Kier alpha value is -1.88. The Morgan fingerprint density at radius 2 is 2.12 bits per heavy atom. The predicted molar refractivity (Wildman–Crippen MR) is 66.5 cm³/mol. The van der Waals surface area contributed by atoms with Gasteiger partial charge in [0.15, 0.2) is 0 Å². The molecule has 5 heteroatoms. The van der Waals surface area contributed by atoms with Crippen molar-refractivity contribution in [1.82, 2.24) is 5.43 Å². The number of nitrogens with two attached hydrogens (primary N) is 1. The van der Waals surface area contributed by atoms with Crippen LogP contribution >= 0.6 is 0 Å². The van der Waals surface area contributed by atoms with Crippen LogP contribution in [0.2, 0.25) is 0 Å². The fourth-order valence-electron chi connectivity index (χ4n) is 1.19. The third-order valence-electron chi connectivity index (χ3n) is 2.08. The van der Waals surface area contributed by atoms with Crippen molar-refractivity contribution < 1.29 is 9.53 Å². The first-order chi connectivity index (χ1) is 8.18. The van der Waals surface area contributed by atoms with Crippen LogP contribution in [0.4, 0.5) is 4.79 Å². The molecule has 0 spiro atoms. The summed E-state index contributed by atoms with van der Waals surface area (Å²) in [5.41, 5.74) is 8.97. The number of carbonyl (C=O) groups is 1. The summed E-state index contributed by atoms with van der Waals surface area (Å²) in [6.45, 7) is 2.95. The van der Waals surface area contributed by atoms with Crippen LogP contribution in [0.1, 0.15) is 18.9 Å². The molecule has 0 unspecified atom stereocenters. The van der Waals surface area contributed by atoms with Crippen molar-refractivity contribution in [2.24, 2.45) is 10.8 Å². The minimum absolute atomic E-state index is 0.560. The molecule has 2 amide bonds. The molecule has 0 aliphatic heterocycles. The van der Waals surface area contributed by atoms with Crippen LogP contribution in [-0.4, -0.2) is 18.3 Å². The van der Waals surface area contributed by atoms with Gasteiger partial charge < -0.3 is 10.5 Å². The zero-order valence-electron chi connectivity index (χ0n) is 9.85. The predicted octanol–water partition coefficient (Wildman–Crippen LogP) is 1.64. The largest absolute Gasteiger partial charge is 0.376 e. The number of hydrazone groups is 1. The van der Waals surface area contributed by atoms with E-state index in [9.17, 15) is 4.79 Å². The Bertz CT molecular complexity index is 377.